The summed E-state index contributed by atoms with van der Waals surface area (Å²) in [5, 5.41) is 15.4. The number of unbranched alkanes of at least 4 members (excludes halogenated alkanes) is 3. The average molecular weight is 447 g/mol. The lowest BCUT2D eigenvalue weighted by Crippen LogP contribution is -2.34. The van der Waals surface area contributed by atoms with E-state index in [0.717, 1.165) is 42.5 Å². The third-order valence-electron chi connectivity index (χ3n) is 7.21. The summed E-state index contributed by atoms with van der Waals surface area (Å²) in [4.78, 5) is 13.2. The van der Waals surface area contributed by atoms with Gasteiger partial charge >= 0.3 is 0 Å². The normalized spacial score (nSPS) is 16.5. The van der Waals surface area contributed by atoms with Gasteiger partial charge in [0.25, 0.3) is 0 Å². The average Bonchev–Trinajstić information content (AvgIpc) is 2.83. The number of rotatable bonds is 17. The zero-order valence-corrected chi connectivity index (χ0v) is 20.3. The summed E-state index contributed by atoms with van der Waals surface area (Å²) in [6.45, 7) is 5.30. The van der Waals surface area contributed by atoms with E-state index in [2.05, 4.69) is 35.0 Å². The molecule has 1 saturated heterocycles. The molecule has 6 heteroatoms. The second-order valence-electron chi connectivity index (χ2n) is 9.37. The van der Waals surface area contributed by atoms with Crippen LogP contribution >= 0.6 is 0 Å². The third-order valence-corrected chi connectivity index (χ3v) is 7.21. The fourth-order valence-corrected chi connectivity index (χ4v) is 5.37. The van der Waals surface area contributed by atoms with E-state index in [1.54, 1.807) is 0 Å². The SMILES string of the molecule is CCCC(CCCCCCC(CCNO)N(C)c1ccccc1NC=O)C1CCNCC1. The number of hydrogen-bond acceptors (Lipinski definition) is 5. The van der Waals surface area contributed by atoms with Crippen LogP contribution in [0, 0.1) is 11.8 Å². The van der Waals surface area contributed by atoms with Gasteiger partial charge in [-0.05, 0) is 62.7 Å². The van der Waals surface area contributed by atoms with Gasteiger partial charge in [0.05, 0.1) is 11.4 Å². The number of carbonyl (C=O) groups is 1. The maximum atomic E-state index is 11.0. The maximum absolute atomic E-state index is 11.0. The minimum absolute atomic E-state index is 0.312. The van der Waals surface area contributed by atoms with E-state index >= 15 is 0 Å². The molecule has 1 fully saturated rings. The Morgan fingerprint density at radius 2 is 1.81 bits per heavy atom. The molecule has 0 bridgehead atoms. The number of anilines is 2. The van der Waals surface area contributed by atoms with Crippen LogP contribution in [-0.4, -0.2) is 44.3 Å². The summed E-state index contributed by atoms with van der Waals surface area (Å²) in [5.74, 6) is 1.85. The molecule has 1 heterocycles. The van der Waals surface area contributed by atoms with E-state index < -0.39 is 0 Å². The highest BCUT2D eigenvalue weighted by atomic mass is 16.5. The zero-order chi connectivity index (χ0) is 23.0. The number of piperidine rings is 1. The van der Waals surface area contributed by atoms with Gasteiger partial charge in [-0.1, -0.05) is 64.0 Å². The van der Waals surface area contributed by atoms with Crippen molar-refractivity contribution in [3.05, 3.63) is 24.3 Å². The van der Waals surface area contributed by atoms with Crippen molar-refractivity contribution in [1.82, 2.24) is 10.8 Å². The van der Waals surface area contributed by atoms with E-state index in [1.165, 1.54) is 70.9 Å². The largest absolute Gasteiger partial charge is 0.370 e. The second-order valence-corrected chi connectivity index (χ2v) is 9.37. The summed E-state index contributed by atoms with van der Waals surface area (Å²) in [7, 11) is 2.09. The summed E-state index contributed by atoms with van der Waals surface area (Å²) in [6.07, 6.45) is 14.6. The molecule has 0 aliphatic carbocycles. The molecule has 0 radical (unpaired) electrons. The van der Waals surface area contributed by atoms with Crippen molar-refractivity contribution in [3.63, 3.8) is 0 Å². The Kier molecular flexibility index (Phi) is 13.4. The molecular weight excluding hydrogens is 400 g/mol. The molecule has 1 aromatic rings. The molecule has 4 N–H and O–H groups in total. The van der Waals surface area contributed by atoms with Gasteiger partial charge in [-0.25, -0.2) is 5.48 Å². The van der Waals surface area contributed by atoms with Gasteiger partial charge in [-0.2, -0.15) is 0 Å². The van der Waals surface area contributed by atoms with Crippen LogP contribution in [0.4, 0.5) is 11.4 Å². The molecule has 2 atom stereocenters. The molecule has 1 aliphatic heterocycles. The van der Waals surface area contributed by atoms with Gasteiger partial charge in [0.1, 0.15) is 0 Å². The van der Waals surface area contributed by atoms with Crippen LogP contribution in [-0.2, 0) is 4.79 Å². The Labute approximate surface area is 195 Å². The van der Waals surface area contributed by atoms with Gasteiger partial charge in [-0.15, -0.1) is 0 Å². The molecule has 2 rings (SSSR count). The first-order chi connectivity index (χ1) is 15.7. The van der Waals surface area contributed by atoms with E-state index in [4.69, 9.17) is 5.21 Å². The molecular formula is C26H46N4O2. The van der Waals surface area contributed by atoms with Crippen LogP contribution in [0.1, 0.15) is 77.6 Å². The fraction of sp³-hybridized carbons (Fsp3) is 0.731. The van der Waals surface area contributed by atoms with Crippen molar-refractivity contribution in [1.29, 1.82) is 0 Å². The molecule has 1 amide bonds. The summed E-state index contributed by atoms with van der Waals surface area (Å²) in [6, 6.07) is 8.21. The van der Waals surface area contributed by atoms with Crippen molar-refractivity contribution in [3.8, 4) is 0 Å². The Morgan fingerprint density at radius 1 is 1.09 bits per heavy atom. The minimum atomic E-state index is 0.312. The molecule has 182 valence electrons. The topological polar surface area (TPSA) is 76.6 Å². The Bertz CT molecular complexity index is 622. The first-order valence-electron chi connectivity index (χ1n) is 12.8. The number of benzene rings is 1. The highest BCUT2D eigenvalue weighted by Crippen LogP contribution is 2.31. The van der Waals surface area contributed by atoms with Crippen LogP contribution in [0.5, 0.6) is 0 Å². The molecule has 0 saturated carbocycles. The third kappa shape index (κ3) is 9.08. The van der Waals surface area contributed by atoms with E-state index in [0.29, 0.717) is 12.6 Å². The first kappa shape index (κ1) is 26.6. The number of nitrogens with one attached hydrogen (secondary N) is 3. The van der Waals surface area contributed by atoms with Gasteiger partial charge in [0.2, 0.25) is 6.41 Å². The van der Waals surface area contributed by atoms with Crippen LogP contribution in [0.2, 0.25) is 0 Å². The van der Waals surface area contributed by atoms with Crippen LogP contribution in [0.25, 0.3) is 0 Å². The van der Waals surface area contributed by atoms with E-state index in [9.17, 15) is 4.79 Å². The van der Waals surface area contributed by atoms with Crippen LogP contribution in [0.15, 0.2) is 24.3 Å². The lowest BCUT2D eigenvalue weighted by molar-refractivity contribution is -0.105. The van der Waals surface area contributed by atoms with Crippen LogP contribution in [0.3, 0.4) is 0 Å². The monoisotopic (exact) mass is 446 g/mol. The van der Waals surface area contributed by atoms with Crippen molar-refractivity contribution >= 4 is 17.8 Å². The second kappa shape index (κ2) is 16.1. The number of hydroxylamine groups is 1. The maximum Gasteiger partial charge on any atom is 0.211 e. The number of amides is 1. The first-order valence-corrected chi connectivity index (χ1v) is 12.8. The van der Waals surface area contributed by atoms with E-state index in [-0.39, 0.29) is 0 Å². The smallest absolute Gasteiger partial charge is 0.211 e. The van der Waals surface area contributed by atoms with Crippen LogP contribution < -0.4 is 21.0 Å². The minimum Gasteiger partial charge on any atom is -0.370 e. The van der Waals surface area contributed by atoms with Gasteiger partial charge in [0, 0.05) is 19.6 Å². The van der Waals surface area contributed by atoms with Crippen molar-refractivity contribution < 1.29 is 10.0 Å². The van der Waals surface area contributed by atoms with Gasteiger partial charge < -0.3 is 20.7 Å². The predicted molar refractivity (Wildman–Crippen MR) is 134 cm³/mol. The summed E-state index contributed by atoms with van der Waals surface area (Å²) in [5.41, 5.74) is 4.15. The lowest BCUT2D eigenvalue weighted by Gasteiger charge is -2.32. The van der Waals surface area contributed by atoms with Crippen molar-refractivity contribution in [2.75, 3.05) is 36.9 Å². The predicted octanol–water partition coefficient (Wildman–Crippen LogP) is 5.19. The molecule has 1 aliphatic rings. The number of para-hydroxylation sites is 2. The lowest BCUT2D eigenvalue weighted by atomic mass is 9.79. The van der Waals surface area contributed by atoms with Crippen molar-refractivity contribution in [2.45, 2.75) is 83.6 Å². The standard InChI is InChI=1S/C26H46N4O2/c1-3-10-22(23-15-18-27-19-16-23)11-6-4-5-7-12-24(17-20-29-32)30(2)26-14-9-8-13-25(26)28-21-31/h8-9,13-14,21-24,27,29,32H,3-7,10-12,15-20H2,1-2H3,(H,28,31). The highest BCUT2D eigenvalue weighted by Gasteiger charge is 2.22. The molecule has 6 nitrogen and oxygen atoms in total. The summed E-state index contributed by atoms with van der Waals surface area (Å²) < 4.78 is 0. The zero-order valence-electron chi connectivity index (χ0n) is 20.3. The number of nitrogens with zero attached hydrogens (tertiary/aromatic N) is 1. The van der Waals surface area contributed by atoms with E-state index in [1.807, 2.05) is 24.3 Å². The quantitative estimate of drug-likeness (QED) is 0.151. The Morgan fingerprint density at radius 3 is 2.50 bits per heavy atom. The number of carbonyl (C=O) groups excluding carboxylic acids is 1. The van der Waals surface area contributed by atoms with Gasteiger partial charge in [0.15, 0.2) is 0 Å². The molecule has 2 unspecified atom stereocenters. The Hall–Kier alpha value is -1.63. The molecule has 32 heavy (non-hydrogen) atoms. The molecule has 0 aromatic heterocycles. The van der Waals surface area contributed by atoms with Gasteiger partial charge in [-0.3, -0.25) is 4.79 Å². The number of hydrogen-bond donors (Lipinski definition) is 4. The fourth-order valence-electron chi connectivity index (χ4n) is 5.37. The van der Waals surface area contributed by atoms with Crippen molar-refractivity contribution in [2.24, 2.45) is 11.8 Å². The molecule has 1 aromatic carbocycles. The Balaban J connectivity index is 1.78. The summed E-state index contributed by atoms with van der Waals surface area (Å²) >= 11 is 0. The molecule has 0 spiro atoms. The highest BCUT2D eigenvalue weighted by molar-refractivity contribution is 5.81.